The van der Waals surface area contributed by atoms with Gasteiger partial charge in [-0.2, -0.15) is 31.4 Å². The Morgan fingerprint density at radius 1 is 1.10 bits per heavy atom. The zero-order chi connectivity index (χ0) is 32.1. The van der Waals surface area contributed by atoms with Gasteiger partial charge >= 0.3 is 24.3 Å². The van der Waals surface area contributed by atoms with Crippen molar-refractivity contribution < 1.29 is 64.6 Å². The monoisotopic (exact) mass is 623 g/mol. The maximum atomic E-state index is 13.0. The number of carboxylic acids is 2. The van der Waals surface area contributed by atoms with Crippen molar-refractivity contribution in [3.63, 3.8) is 0 Å². The van der Waals surface area contributed by atoms with E-state index in [2.05, 4.69) is 40.5 Å². The molecule has 1 amide bonds. The molecule has 0 aromatic carbocycles. The van der Waals surface area contributed by atoms with E-state index in [1.165, 1.54) is 0 Å². The van der Waals surface area contributed by atoms with Crippen LogP contribution in [-0.2, 0) is 25.8 Å². The van der Waals surface area contributed by atoms with E-state index in [1.807, 2.05) is 10.9 Å². The fourth-order valence-corrected chi connectivity index (χ4v) is 4.22. The van der Waals surface area contributed by atoms with Crippen molar-refractivity contribution in [3.05, 3.63) is 18.0 Å². The molecule has 0 radical (unpaired) electrons. The molecule has 1 aromatic heterocycles. The standard InChI is InChI=1S/C19H27F2N5O2.2C2HF3O2/c1-13(2)26-11-14(9-22-26)10-25-5-3-4-18(12-25)8-16(24-28-18)17(27)23-15-6-19(20,21)7-15;2*3-2(4,5)1(6)7/h9,11,13,15H,3-8,10,12H2,1-2H3,(H,23,27);2*(H,6,7). The van der Waals surface area contributed by atoms with Crippen LogP contribution in [0.3, 0.4) is 0 Å². The quantitative estimate of drug-likeness (QED) is 0.421. The zero-order valence-electron chi connectivity index (χ0n) is 22.3. The maximum absolute atomic E-state index is 13.0. The first kappa shape index (κ1) is 34.7. The highest BCUT2D eigenvalue weighted by Gasteiger charge is 2.48. The Hall–Kier alpha value is -3.51. The summed E-state index contributed by atoms with van der Waals surface area (Å²) in [4.78, 5) is 38.1. The SMILES string of the molecule is CC(C)n1cc(CN2CCCC3(CC(C(=O)NC4CC(F)(F)C4)=NO3)C2)cn1.O=C(O)C(F)(F)F.O=C(O)C(F)(F)F. The molecule has 2 aliphatic heterocycles. The van der Waals surface area contributed by atoms with Crippen molar-refractivity contribution in [1.29, 1.82) is 0 Å². The predicted octanol–water partition coefficient (Wildman–Crippen LogP) is 3.76. The lowest BCUT2D eigenvalue weighted by Gasteiger charge is -2.38. The Morgan fingerprint density at radius 3 is 2.10 bits per heavy atom. The molecule has 3 heterocycles. The van der Waals surface area contributed by atoms with E-state index in [9.17, 15) is 39.9 Å². The fraction of sp³-hybridized carbons (Fsp3) is 0.696. The minimum Gasteiger partial charge on any atom is -0.475 e. The van der Waals surface area contributed by atoms with Crippen molar-refractivity contribution in [3.8, 4) is 0 Å². The van der Waals surface area contributed by atoms with Gasteiger partial charge in [-0.15, -0.1) is 0 Å². The molecule has 42 heavy (non-hydrogen) atoms. The summed E-state index contributed by atoms with van der Waals surface area (Å²) in [5.41, 5.74) is 0.959. The molecule has 11 nitrogen and oxygen atoms in total. The Bertz CT molecular complexity index is 1120. The van der Waals surface area contributed by atoms with Gasteiger partial charge in [-0.1, -0.05) is 5.16 Å². The number of piperidine rings is 1. The number of carboxylic acid groups (broad SMARTS) is 2. The average molecular weight is 623 g/mol. The molecule has 19 heteroatoms. The van der Waals surface area contributed by atoms with Gasteiger partial charge in [0.05, 0.1) is 6.20 Å². The molecular formula is C23H29F8N5O6. The number of aliphatic carboxylic acids is 2. The number of hydrogen-bond donors (Lipinski definition) is 3. The van der Waals surface area contributed by atoms with Gasteiger partial charge in [0.2, 0.25) is 0 Å². The highest BCUT2D eigenvalue weighted by atomic mass is 19.4. The molecule has 0 bridgehead atoms. The summed E-state index contributed by atoms with van der Waals surface area (Å²) >= 11 is 0. The summed E-state index contributed by atoms with van der Waals surface area (Å²) in [5.74, 6) is -8.55. The second kappa shape index (κ2) is 13.2. The molecule has 2 fully saturated rings. The van der Waals surface area contributed by atoms with Crippen molar-refractivity contribution in [2.45, 2.75) is 88.5 Å². The molecule has 1 unspecified atom stereocenters. The maximum Gasteiger partial charge on any atom is 0.490 e. The van der Waals surface area contributed by atoms with E-state index < -0.39 is 41.9 Å². The van der Waals surface area contributed by atoms with E-state index in [0.29, 0.717) is 24.7 Å². The normalized spacial score (nSPS) is 22.1. The lowest BCUT2D eigenvalue weighted by molar-refractivity contribution is -0.193. The third-order valence-corrected chi connectivity index (χ3v) is 6.22. The predicted molar refractivity (Wildman–Crippen MR) is 126 cm³/mol. The molecule has 3 aliphatic rings. The number of alkyl halides is 8. The molecule has 1 aromatic rings. The van der Waals surface area contributed by atoms with Crippen LogP contribution in [0.1, 0.15) is 57.6 Å². The van der Waals surface area contributed by atoms with Crippen molar-refractivity contribution in [2.75, 3.05) is 13.1 Å². The number of amides is 1. The Balaban J connectivity index is 0.000000367. The van der Waals surface area contributed by atoms with Crippen molar-refractivity contribution >= 4 is 23.6 Å². The zero-order valence-corrected chi connectivity index (χ0v) is 22.3. The molecular weight excluding hydrogens is 594 g/mol. The Labute approximate surface area is 233 Å². The molecule has 1 aliphatic carbocycles. The van der Waals surface area contributed by atoms with Crippen LogP contribution in [0.2, 0.25) is 0 Å². The van der Waals surface area contributed by atoms with E-state index >= 15 is 0 Å². The number of nitrogens with zero attached hydrogens (tertiary/aromatic N) is 4. The Kier molecular flexibility index (Phi) is 10.9. The van der Waals surface area contributed by atoms with Crippen LogP contribution in [-0.4, -0.2) is 91.5 Å². The van der Waals surface area contributed by atoms with Crippen LogP contribution in [0.4, 0.5) is 35.1 Å². The van der Waals surface area contributed by atoms with Crippen molar-refractivity contribution in [2.24, 2.45) is 5.16 Å². The summed E-state index contributed by atoms with van der Waals surface area (Å²) in [6, 6.07) is -0.146. The third kappa shape index (κ3) is 10.4. The molecule has 1 saturated carbocycles. The fourth-order valence-electron chi connectivity index (χ4n) is 4.22. The molecule has 238 valence electrons. The van der Waals surface area contributed by atoms with Gasteiger partial charge in [0, 0.05) is 56.2 Å². The molecule has 1 atom stereocenters. The number of oxime groups is 1. The highest BCUT2D eigenvalue weighted by Crippen LogP contribution is 2.38. The van der Waals surface area contributed by atoms with Gasteiger partial charge in [0.1, 0.15) is 5.71 Å². The van der Waals surface area contributed by atoms with E-state index in [4.69, 9.17) is 24.6 Å². The molecule has 1 spiro atoms. The number of halogens is 8. The van der Waals surface area contributed by atoms with Crippen molar-refractivity contribution in [1.82, 2.24) is 20.0 Å². The minimum absolute atomic E-state index is 0.296. The number of carbonyl (C=O) groups excluding carboxylic acids is 1. The van der Waals surface area contributed by atoms with E-state index in [0.717, 1.165) is 31.5 Å². The van der Waals surface area contributed by atoms with Crippen LogP contribution in [0, 0.1) is 0 Å². The first-order valence-corrected chi connectivity index (χ1v) is 12.4. The van der Waals surface area contributed by atoms with E-state index in [1.54, 1.807) is 0 Å². The first-order chi connectivity index (χ1) is 19.1. The smallest absolute Gasteiger partial charge is 0.475 e. The van der Waals surface area contributed by atoms with Gasteiger partial charge in [0.15, 0.2) is 5.60 Å². The van der Waals surface area contributed by atoms with Crippen LogP contribution in [0.15, 0.2) is 17.5 Å². The van der Waals surface area contributed by atoms with E-state index in [-0.39, 0.29) is 18.7 Å². The second-order valence-electron chi connectivity index (χ2n) is 10.3. The number of nitrogens with one attached hydrogen (secondary N) is 1. The largest absolute Gasteiger partial charge is 0.490 e. The van der Waals surface area contributed by atoms with Gasteiger partial charge < -0.3 is 20.4 Å². The second-order valence-corrected chi connectivity index (χ2v) is 10.3. The lowest BCUT2D eigenvalue weighted by Crippen LogP contribution is -2.53. The number of hydrogen-bond acceptors (Lipinski definition) is 7. The van der Waals surface area contributed by atoms with Crippen LogP contribution < -0.4 is 5.32 Å². The average Bonchev–Trinajstić information content (AvgIpc) is 3.45. The summed E-state index contributed by atoms with van der Waals surface area (Å²) < 4.78 is 91.3. The van der Waals surface area contributed by atoms with Crippen LogP contribution in [0.5, 0.6) is 0 Å². The third-order valence-electron chi connectivity index (χ3n) is 6.22. The first-order valence-electron chi connectivity index (χ1n) is 12.4. The molecule has 1 saturated heterocycles. The number of carbonyl (C=O) groups is 3. The minimum atomic E-state index is -5.08. The number of likely N-dealkylation sites (tertiary alicyclic amines) is 1. The van der Waals surface area contributed by atoms with Crippen LogP contribution >= 0.6 is 0 Å². The van der Waals surface area contributed by atoms with Gasteiger partial charge in [0.25, 0.3) is 11.8 Å². The van der Waals surface area contributed by atoms with Gasteiger partial charge in [-0.3, -0.25) is 14.4 Å². The molecule has 4 rings (SSSR count). The van der Waals surface area contributed by atoms with Crippen LogP contribution in [0.25, 0.3) is 0 Å². The Morgan fingerprint density at radius 2 is 1.64 bits per heavy atom. The highest BCUT2D eigenvalue weighted by molar-refractivity contribution is 6.39. The summed E-state index contributed by atoms with van der Waals surface area (Å²) in [7, 11) is 0. The summed E-state index contributed by atoms with van der Waals surface area (Å²) in [6.45, 7) is 6.59. The van der Waals surface area contributed by atoms with Gasteiger partial charge in [-0.25, -0.2) is 18.4 Å². The molecule has 3 N–H and O–H groups in total. The summed E-state index contributed by atoms with van der Waals surface area (Å²) in [6.07, 6.45) is -4.60. The summed E-state index contributed by atoms with van der Waals surface area (Å²) in [5, 5.41) is 25.3. The topological polar surface area (TPSA) is 146 Å². The lowest BCUT2D eigenvalue weighted by atomic mass is 9.86. The number of rotatable bonds is 5. The van der Waals surface area contributed by atoms with Gasteiger partial charge in [-0.05, 0) is 33.2 Å². The number of aromatic nitrogens is 2.